The zero-order chi connectivity index (χ0) is 20.5. The number of nitrogens with zero attached hydrogens (tertiary/aromatic N) is 1. The maximum absolute atomic E-state index is 11.8. The van der Waals surface area contributed by atoms with Gasteiger partial charge in [-0.25, -0.2) is 8.42 Å². The van der Waals surface area contributed by atoms with Gasteiger partial charge in [-0.3, -0.25) is 4.79 Å². The van der Waals surface area contributed by atoms with Gasteiger partial charge < -0.3 is 24.6 Å². The van der Waals surface area contributed by atoms with Gasteiger partial charge in [0.15, 0.2) is 0 Å². The first-order valence-corrected chi connectivity index (χ1v) is 10.2. The number of carbonyl (C=O) groups excluding carboxylic acids is 1. The molecule has 1 aromatic carbocycles. The summed E-state index contributed by atoms with van der Waals surface area (Å²) in [6.07, 6.45) is 2.53. The van der Waals surface area contributed by atoms with E-state index in [-0.39, 0.29) is 19.1 Å². The molecular formula is C18H28N2O6S. The third-order valence-electron chi connectivity index (χ3n) is 3.93. The molecule has 3 N–H and O–H groups in total. The minimum absolute atomic E-state index is 0.0247. The molecule has 0 aliphatic rings. The Balaban J connectivity index is 2.32. The van der Waals surface area contributed by atoms with Gasteiger partial charge in [-0.2, -0.15) is 0 Å². The van der Waals surface area contributed by atoms with E-state index in [1.165, 1.54) is 6.08 Å². The minimum Gasteiger partial charge on any atom is -0.748 e. The Morgan fingerprint density at radius 3 is 2.48 bits per heavy atom. The number of carbonyl (C=O) groups is 1. The molecule has 0 aliphatic carbocycles. The molecule has 1 amide bonds. The Hall–Kier alpha value is -1.78. The smallest absolute Gasteiger partial charge is 0.244 e. The predicted octanol–water partition coefficient (Wildman–Crippen LogP) is -0.319. The molecule has 152 valence electrons. The highest BCUT2D eigenvalue weighted by Crippen LogP contribution is 2.06. The first-order valence-electron chi connectivity index (χ1n) is 8.60. The van der Waals surface area contributed by atoms with Gasteiger partial charge >= 0.3 is 0 Å². The zero-order valence-electron chi connectivity index (χ0n) is 15.7. The average Bonchev–Trinajstić information content (AvgIpc) is 2.55. The molecule has 1 atom stereocenters. The molecule has 0 radical (unpaired) electrons. The molecule has 27 heavy (non-hydrogen) atoms. The fourth-order valence-electron chi connectivity index (χ4n) is 2.63. The molecule has 8 nitrogen and oxygen atoms in total. The van der Waals surface area contributed by atoms with Gasteiger partial charge in [0.2, 0.25) is 5.91 Å². The number of likely N-dealkylation sites (N-methyl/N-ethyl adjacent to an activating group) is 1. The summed E-state index contributed by atoms with van der Waals surface area (Å²) in [6.45, 7) is 1.15. The molecule has 0 heterocycles. The molecule has 0 spiro atoms. The van der Waals surface area contributed by atoms with Crippen molar-refractivity contribution < 1.29 is 32.5 Å². The first-order chi connectivity index (χ1) is 12.5. The maximum Gasteiger partial charge on any atom is 0.244 e. The van der Waals surface area contributed by atoms with E-state index in [4.69, 9.17) is 5.11 Å². The number of amides is 1. The first kappa shape index (κ1) is 23.3. The highest BCUT2D eigenvalue weighted by Gasteiger charge is 2.21. The number of benzene rings is 1. The number of aliphatic hydroxyl groups excluding tert-OH is 2. The maximum atomic E-state index is 11.8. The number of aliphatic hydroxyl groups is 2. The fraction of sp³-hybridized carbons (Fsp3) is 0.500. The molecule has 0 saturated carbocycles. The topological polar surface area (TPSA) is 127 Å². The van der Waals surface area contributed by atoms with Crippen molar-refractivity contribution in [3.05, 3.63) is 41.5 Å². The highest BCUT2D eigenvalue weighted by molar-refractivity contribution is 7.85. The van der Waals surface area contributed by atoms with E-state index in [9.17, 15) is 22.9 Å². The lowest BCUT2D eigenvalue weighted by Crippen LogP contribution is -2.48. The van der Waals surface area contributed by atoms with Gasteiger partial charge in [-0.1, -0.05) is 24.3 Å². The number of quaternary nitrogens is 1. The lowest BCUT2D eigenvalue weighted by atomic mass is 10.1. The number of hydrogen-bond acceptors (Lipinski definition) is 6. The molecule has 0 aliphatic heterocycles. The Morgan fingerprint density at radius 1 is 1.30 bits per heavy atom. The standard InChI is InChI=1S/C18H28N2O6S/c1-20(2,12-17(22)14-27(24,25)26)11-3-10-19-18(23)9-8-15-4-6-16(13-21)7-5-15/h4-9,17,21-22H,3,10-14H2,1-2H3,(H-,19,23,24,25,26)/b9-8+. The second-order valence-corrected chi connectivity index (χ2v) is 8.55. The zero-order valence-corrected chi connectivity index (χ0v) is 16.5. The lowest BCUT2D eigenvalue weighted by molar-refractivity contribution is -0.893. The van der Waals surface area contributed by atoms with Gasteiger partial charge in [0.05, 0.1) is 43.1 Å². The van der Waals surface area contributed by atoms with Crippen LogP contribution in [-0.4, -0.2) is 79.2 Å². The van der Waals surface area contributed by atoms with Crippen LogP contribution in [-0.2, 0) is 21.5 Å². The van der Waals surface area contributed by atoms with E-state index in [1.54, 1.807) is 18.2 Å². The van der Waals surface area contributed by atoms with Crippen molar-refractivity contribution in [1.82, 2.24) is 5.32 Å². The van der Waals surface area contributed by atoms with Gasteiger partial charge in [0, 0.05) is 19.0 Å². The van der Waals surface area contributed by atoms with Crippen molar-refractivity contribution in [2.75, 3.05) is 39.5 Å². The third kappa shape index (κ3) is 10.8. The summed E-state index contributed by atoms with van der Waals surface area (Å²) in [5, 5.41) is 21.4. The van der Waals surface area contributed by atoms with Crippen LogP contribution in [0.5, 0.6) is 0 Å². The van der Waals surface area contributed by atoms with Crippen LogP contribution < -0.4 is 5.32 Å². The van der Waals surface area contributed by atoms with Crippen molar-refractivity contribution in [3.8, 4) is 0 Å². The van der Waals surface area contributed by atoms with Crippen molar-refractivity contribution in [2.24, 2.45) is 0 Å². The van der Waals surface area contributed by atoms with E-state index in [2.05, 4.69) is 5.32 Å². The van der Waals surface area contributed by atoms with Gasteiger partial charge in [-0.15, -0.1) is 0 Å². The quantitative estimate of drug-likeness (QED) is 0.202. The van der Waals surface area contributed by atoms with Gasteiger partial charge in [-0.05, 0) is 17.2 Å². The second-order valence-electron chi connectivity index (χ2n) is 7.10. The normalized spacial score (nSPS) is 13.7. The summed E-state index contributed by atoms with van der Waals surface area (Å²) in [5.41, 5.74) is 1.65. The van der Waals surface area contributed by atoms with E-state index in [0.717, 1.165) is 11.1 Å². The fourth-order valence-corrected chi connectivity index (χ4v) is 3.21. The van der Waals surface area contributed by atoms with Gasteiger partial charge in [0.1, 0.15) is 12.6 Å². The molecule has 1 rings (SSSR count). The highest BCUT2D eigenvalue weighted by atomic mass is 32.2. The van der Waals surface area contributed by atoms with Crippen LogP contribution in [0.15, 0.2) is 30.3 Å². The second kappa shape index (κ2) is 10.5. The molecule has 9 heteroatoms. The molecule has 1 aromatic rings. The van der Waals surface area contributed by atoms with Crippen LogP contribution in [0, 0.1) is 0 Å². The summed E-state index contributed by atoms with van der Waals surface area (Å²) in [4.78, 5) is 11.8. The number of rotatable bonds is 11. The lowest BCUT2D eigenvalue weighted by Gasteiger charge is -2.32. The monoisotopic (exact) mass is 400 g/mol. The van der Waals surface area contributed by atoms with Crippen LogP contribution in [0.1, 0.15) is 17.5 Å². The van der Waals surface area contributed by atoms with Crippen LogP contribution >= 0.6 is 0 Å². The van der Waals surface area contributed by atoms with Crippen LogP contribution in [0.3, 0.4) is 0 Å². The molecule has 0 fully saturated rings. The SMILES string of the molecule is C[N+](C)(CCCNC(=O)/C=C/c1ccc(CO)cc1)CC(O)CS(=O)(=O)[O-]. The van der Waals surface area contributed by atoms with Gasteiger partial charge in [0.25, 0.3) is 0 Å². The van der Waals surface area contributed by atoms with Crippen molar-refractivity contribution in [1.29, 1.82) is 0 Å². The Bertz CT molecular complexity index is 729. The minimum atomic E-state index is -4.45. The molecule has 0 saturated heterocycles. The Morgan fingerprint density at radius 2 is 1.93 bits per heavy atom. The van der Waals surface area contributed by atoms with Crippen LogP contribution in [0.25, 0.3) is 6.08 Å². The van der Waals surface area contributed by atoms with Crippen molar-refractivity contribution in [3.63, 3.8) is 0 Å². The number of hydrogen-bond donors (Lipinski definition) is 3. The Labute approximate surface area is 160 Å². The number of nitrogens with one attached hydrogen (secondary N) is 1. The molecule has 0 bridgehead atoms. The summed E-state index contributed by atoms with van der Waals surface area (Å²) in [6, 6.07) is 7.18. The molecular weight excluding hydrogens is 372 g/mol. The third-order valence-corrected chi connectivity index (χ3v) is 4.72. The summed E-state index contributed by atoms with van der Waals surface area (Å²) >= 11 is 0. The van der Waals surface area contributed by atoms with E-state index >= 15 is 0 Å². The van der Waals surface area contributed by atoms with Crippen LogP contribution in [0.2, 0.25) is 0 Å². The van der Waals surface area contributed by atoms with Crippen molar-refractivity contribution in [2.45, 2.75) is 19.1 Å². The summed E-state index contributed by atoms with van der Waals surface area (Å²) < 4.78 is 32.3. The summed E-state index contributed by atoms with van der Waals surface area (Å²) in [7, 11) is -0.817. The summed E-state index contributed by atoms with van der Waals surface area (Å²) in [5.74, 6) is -1.03. The largest absolute Gasteiger partial charge is 0.748 e. The molecule has 1 unspecified atom stereocenters. The average molecular weight is 400 g/mol. The predicted molar refractivity (Wildman–Crippen MR) is 101 cm³/mol. The molecule has 0 aromatic heterocycles. The Kier molecular flexibility index (Phi) is 9.07. The van der Waals surface area contributed by atoms with E-state index in [1.807, 2.05) is 26.2 Å². The van der Waals surface area contributed by atoms with E-state index < -0.39 is 22.0 Å². The van der Waals surface area contributed by atoms with E-state index in [0.29, 0.717) is 24.0 Å². The van der Waals surface area contributed by atoms with Crippen LogP contribution in [0.4, 0.5) is 0 Å². The van der Waals surface area contributed by atoms with Crippen molar-refractivity contribution >= 4 is 22.1 Å².